The van der Waals surface area contributed by atoms with E-state index in [1.54, 1.807) is 11.3 Å². The van der Waals surface area contributed by atoms with Gasteiger partial charge in [-0.2, -0.15) is 0 Å². The van der Waals surface area contributed by atoms with Crippen molar-refractivity contribution in [2.45, 2.75) is 39.9 Å². The first-order valence-corrected chi connectivity index (χ1v) is 7.42. The summed E-state index contributed by atoms with van der Waals surface area (Å²) in [7, 11) is 0. The van der Waals surface area contributed by atoms with Gasteiger partial charge in [0.25, 0.3) is 0 Å². The Morgan fingerprint density at radius 2 is 2.00 bits per heavy atom. The number of nitrogens with zero attached hydrogens (tertiary/aromatic N) is 2. The van der Waals surface area contributed by atoms with Gasteiger partial charge in [0.1, 0.15) is 5.01 Å². The number of rotatable bonds is 5. The van der Waals surface area contributed by atoms with E-state index in [1.807, 2.05) is 25.1 Å². The Morgan fingerprint density at radius 3 is 2.58 bits per heavy atom. The number of hydrogen-bond donors (Lipinski definition) is 1. The Hall–Kier alpha value is -1.39. The first-order chi connectivity index (χ1) is 9.06. The molecule has 0 bridgehead atoms. The summed E-state index contributed by atoms with van der Waals surface area (Å²) in [5, 5.41) is 3.27. The minimum absolute atomic E-state index is 0.462. The van der Waals surface area contributed by atoms with Gasteiger partial charge in [-0.3, -0.25) is 4.90 Å². The third-order valence-corrected chi connectivity index (χ3v) is 4.12. The second-order valence-electron chi connectivity index (χ2n) is 5.08. The van der Waals surface area contributed by atoms with Gasteiger partial charge < -0.3 is 5.73 Å². The number of anilines is 1. The van der Waals surface area contributed by atoms with Crippen molar-refractivity contribution in [2.75, 3.05) is 5.73 Å². The lowest BCUT2D eigenvalue weighted by molar-refractivity contribution is 0.204. The van der Waals surface area contributed by atoms with Crippen LogP contribution in [0.15, 0.2) is 29.6 Å². The van der Waals surface area contributed by atoms with E-state index in [4.69, 9.17) is 5.73 Å². The zero-order chi connectivity index (χ0) is 13.8. The summed E-state index contributed by atoms with van der Waals surface area (Å²) in [6.45, 7) is 8.20. The molecule has 0 atom stereocenters. The zero-order valence-corrected chi connectivity index (χ0v) is 12.6. The average molecular weight is 275 g/mol. The van der Waals surface area contributed by atoms with E-state index >= 15 is 0 Å². The van der Waals surface area contributed by atoms with E-state index in [0.717, 1.165) is 24.5 Å². The van der Waals surface area contributed by atoms with Gasteiger partial charge in [0, 0.05) is 29.3 Å². The van der Waals surface area contributed by atoms with Gasteiger partial charge in [-0.05, 0) is 32.4 Å². The molecule has 0 saturated heterocycles. The molecular formula is C15H21N3S. The molecule has 2 aromatic rings. The van der Waals surface area contributed by atoms with Crippen molar-refractivity contribution in [1.29, 1.82) is 0 Å². The minimum atomic E-state index is 0.462. The number of aromatic nitrogens is 1. The van der Waals surface area contributed by atoms with Crippen LogP contribution in [0.3, 0.4) is 0 Å². The van der Waals surface area contributed by atoms with Gasteiger partial charge in [0.15, 0.2) is 0 Å². The SMILES string of the molecule is Cc1csc(CN(Cc2ccccc2N)C(C)C)n1. The average Bonchev–Trinajstić information content (AvgIpc) is 2.76. The number of aryl methyl sites for hydroxylation is 1. The van der Waals surface area contributed by atoms with Crippen LogP contribution >= 0.6 is 11.3 Å². The highest BCUT2D eigenvalue weighted by molar-refractivity contribution is 7.09. The molecule has 102 valence electrons. The maximum atomic E-state index is 6.03. The Morgan fingerprint density at radius 1 is 1.26 bits per heavy atom. The van der Waals surface area contributed by atoms with Gasteiger partial charge in [-0.1, -0.05) is 18.2 Å². The van der Waals surface area contributed by atoms with E-state index in [-0.39, 0.29) is 0 Å². The fraction of sp³-hybridized carbons (Fsp3) is 0.400. The van der Waals surface area contributed by atoms with Crippen molar-refractivity contribution in [1.82, 2.24) is 9.88 Å². The molecule has 19 heavy (non-hydrogen) atoms. The van der Waals surface area contributed by atoms with Crippen LogP contribution in [0.25, 0.3) is 0 Å². The van der Waals surface area contributed by atoms with Gasteiger partial charge >= 0.3 is 0 Å². The minimum Gasteiger partial charge on any atom is -0.398 e. The van der Waals surface area contributed by atoms with Crippen LogP contribution in [0.2, 0.25) is 0 Å². The molecular weight excluding hydrogens is 254 g/mol. The fourth-order valence-electron chi connectivity index (χ4n) is 1.97. The molecule has 0 aliphatic rings. The Bertz CT molecular complexity index is 534. The van der Waals surface area contributed by atoms with Crippen LogP contribution in [0, 0.1) is 6.92 Å². The van der Waals surface area contributed by atoms with E-state index in [1.165, 1.54) is 10.6 Å². The largest absolute Gasteiger partial charge is 0.398 e. The van der Waals surface area contributed by atoms with E-state index in [9.17, 15) is 0 Å². The summed E-state index contributed by atoms with van der Waals surface area (Å²) < 4.78 is 0. The number of hydrogen-bond acceptors (Lipinski definition) is 4. The second-order valence-corrected chi connectivity index (χ2v) is 6.02. The molecule has 2 N–H and O–H groups in total. The van der Waals surface area contributed by atoms with Crippen molar-refractivity contribution in [3.8, 4) is 0 Å². The van der Waals surface area contributed by atoms with Crippen molar-refractivity contribution in [2.24, 2.45) is 0 Å². The number of thiazole rings is 1. The smallest absolute Gasteiger partial charge is 0.107 e. The van der Waals surface area contributed by atoms with Gasteiger partial charge in [0.05, 0.1) is 6.54 Å². The van der Waals surface area contributed by atoms with Crippen LogP contribution in [0.1, 0.15) is 30.1 Å². The van der Waals surface area contributed by atoms with Crippen molar-refractivity contribution in [3.05, 3.63) is 45.9 Å². The third kappa shape index (κ3) is 3.78. The highest BCUT2D eigenvalue weighted by Crippen LogP contribution is 2.19. The summed E-state index contributed by atoms with van der Waals surface area (Å²) in [6.07, 6.45) is 0. The lowest BCUT2D eigenvalue weighted by atomic mass is 10.1. The number of nitrogens with two attached hydrogens (primary N) is 1. The zero-order valence-electron chi connectivity index (χ0n) is 11.8. The highest BCUT2D eigenvalue weighted by atomic mass is 32.1. The maximum absolute atomic E-state index is 6.03. The molecule has 0 saturated carbocycles. The monoisotopic (exact) mass is 275 g/mol. The Balaban J connectivity index is 2.11. The normalized spacial score (nSPS) is 11.4. The van der Waals surface area contributed by atoms with Crippen LogP contribution in [-0.4, -0.2) is 15.9 Å². The molecule has 0 unspecified atom stereocenters. The van der Waals surface area contributed by atoms with Crippen LogP contribution in [0.4, 0.5) is 5.69 Å². The highest BCUT2D eigenvalue weighted by Gasteiger charge is 2.13. The summed E-state index contributed by atoms with van der Waals surface area (Å²) in [5.74, 6) is 0. The second kappa shape index (κ2) is 6.17. The van der Waals surface area contributed by atoms with Crippen molar-refractivity contribution in [3.63, 3.8) is 0 Å². The van der Waals surface area contributed by atoms with Gasteiger partial charge in [0.2, 0.25) is 0 Å². The summed E-state index contributed by atoms with van der Waals surface area (Å²) in [6, 6.07) is 8.53. The number of nitrogen functional groups attached to an aromatic ring is 1. The molecule has 1 heterocycles. The molecule has 1 aromatic heterocycles. The van der Waals surface area contributed by atoms with Crippen molar-refractivity contribution < 1.29 is 0 Å². The quantitative estimate of drug-likeness (QED) is 0.850. The lowest BCUT2D eigenvalue weighted by Gasteiger charge is -2.26. The standard InChI is InChI=1S/C15H21N3S/c1-11(2)18(9-15-17-12(3)10-19-15)8-13-6-4-5-7-14(13)16/h4-7,10-11H,8-9,16H2,1-3H3. The van der Waals surface area contributed by atoms with Gasteiger partial charge in [-0.15, -0.1) is 11.3 Å². The predicted molar refractivity (Wildman–Crippen MR) is 82.1 cm³/mol. The number of para-hydroxylation sites is 1. The molecule has 0 fully saturated rings. The van der Waals surface area contributed by atoms with Crippen LogP contribution in [0.5, 0.6) is 0 Å². The molecule has 2 rings (SSSR count). The lowest BCUT2D eigenvalue weighted by Crippen LogP contribution is -2.30. The van der Waals surface area contributed by atoms with Gasteiger partial charge in [-0.25, -0.2) is 4.98 Å². The summed E-state index contributed by atoms with van der Waals surface area (Å²) in [4.78, 5) is 6.94. The van der Waals surface area contributed by atoms with E-state index < -0.39 is 0 Å². The molecule has 1 aromatic carbocycles. The molecule has 0 radical (unpaired) electrons. The first kappa shape index (κ1) is 14.0. The van der Waals surface area contributed by atoms with E-state index in [0.29, 0.717) is 6.04 Å². The predicted octanol–water partition coefficient (Wildman–Crippen LogP) is 3.44. The van der Waals surface area contributed by atoms with E-state index in [2.05, 4.69) is 35.2 Å². The van der Waals surface area contributed by atoms with Crippen molar-refractivity contribution >= 4 is 17.0 Å². The Kier molecular flexibility index (Phi) is 4.56. The van der Waals surface area contributed by atoms with Crippen LogP contribution < -0.4 is 5.73 Å². The number of benzene rings is 1. The Labute approximate surface area is 119 Å². The summed E-state index contributed by atoms with van der Waals surface area (Å²) in [5.41, 5.74) is 9.18. The fourth-order valence-corrected chi connectivity index (χ4v) is 2.76. The molecule has 0 aliphatic carbocycles. The molecule has 3 nitrogen and oxygen atoms in total. The third-order valence-electron chi connectivity index (χ3n) is 3.16. The summed E-state index contributed by atoms with van der Waals surface area (Å²) >= 11 is 1.73. The molecule has 0 spiro atoms. The maximum Gasteiger partial charge on any atom is 0.107 e. The van der Waals surface area contributed by atoms with Crippen LogP contribution in [-0.2, 0) is 13.1 Å². The molecule has 0 aliphatic heterocycles. The molecule has 0 amide bonds. The topological polar surface area (TPSA) is 42.1 Å². The molecule has 4 heteroatoms. The first-order valence-electron chi connectivity index (χ1n) is 6.54.